The van der Waals surface area contributed by atoms with E-state index in [1.807, 2.05) is 38.1 Å². The first-order valence-corrected chi connectivity index (χ1v) is 9.95. The van der Waals surface area contributed by atoms with Crippen LogP contribution >= 0.6 is 0 Å². The largest absolute Gasteiger partial charge is 0.481 e. The average Bonchev–Trinajstić information content (AvgIpc) is 3.17. The summed E-state index contributed by atoms with van der Waals surface area (Å²) < 4.78 is 0. The van der Waals surface area contributed by atoms with E-state index in [4.69, 9.17) is 0 Å². The van der Waals surface area contributed by atoms with Crippen LogP contribution in [-0.4, -0.2) is 41.0 Å². The number of hydrogen-bond donors (Lipinski definition) is 3. The summed E-state index contributed by atoms with van der Waals surface area (Å²) >= 11 is 0. The minimum atomic E-state index is -0.782. The van der Waals surface area contributed by atoms with Crippen molar-refractivity contribution in [2.24, 2.45) is 17.3 Å². The molecular formula is C21H29N3O4. The van der Waals surface area contributed by atoms with Gasteiger partial charge in [-0.25, -0.2) is 4.79 Å². The molecule has 1 saturated carbocycles. The van der Waals surface area contributed by atoms with Gasteiger partial charge in [0.25, 0.3) is 0 Å². The topological polar surface area (TPSA) is 98.7 Å². The monoisotopic (exact) mass is 387 g/mol. The molecule has 2 fully saturated rings. The number of carboxylic acids is 1. The van der Waals surface area contributed by atoms with Crippen molar-refractivity contribution in [2.75, 3.05) is 18.4 Å². The fourth-order valence-corrected chi connectivity index (χ4v) is 4.42. The normalized spacial score (nSPS) is 23.5. The second-order valence-corrected chi connectivity index (χ2v) is 8.44. The lowest BCUT2D eigenvalue weighted by molar-refractivity contribution is -0.149. The van der Waals surface area contributed by atoms with E-state index in [0.29, 0.717) is 31.6 Å². The number of hydrogen-bond acceptors (Lipinski definition) is 3. The Morgan fingerprint density at radius 3 is 2.79 bits per heavy atom. The van der Waals surface area contributed by atoms with Crippen LogP contribution in [0.1, 0.15) is 45.1 Å². The molecule has 1 saturated heterocycles. The number of benzene rings is 1. The molecule has 0 bridgehead atoms. The molecule has 1 aromatic carbocycles. The van der Waals surface area contributed by atoms with Gasteiger partial charge in [-0.15, -0.1) is 0 Å². The maximum atomic E-state index is 12.6. The van der Waals surface area contributed by atoms with E-state index in [1.165, 1.54) is 0 Å². The Kier molecular flexibility index (Phi) is 5.91. The van der Waals surface area contributed by atoms with Crippen molar-refractivity contribution < 1.29 is 19.5 Å². The van der Waals surface area contributed by atoms with Gasteiger partial charge < -0.3 is 20.6 Å². The van der Waals surface area contributed by atoms with Crippen LogP contribution in [0.3, 0.4) is 0 Å². The fourth-order valence-electron chi connectivity index (χ4n) is 4.42. The standard InChI is InChI=1S/C21H29N3O4/c1-14(2)9-18(25)23-17-7-3-5-15(10-17)11-22-20(28)24-12-16-6-4-8-21(16,13-24)19(26)27/h3,5,7,10,14,16H,4,6,8-9,11-13H2,1-2H3,(H,22,28)(H,23,25)(H,26,27)/t16-,21+/m0/s1. The highest BCUT2D eigenvalue weighted by molar-refractivity contribution is 5.90. The van der Waals surface area contributed by atoms with Crippen molar-refractivity contribution in [1.82, 2.24) is 10.2 Å². The number of likely N-dealkylation sites (tertiary alicyclic amines) is 1. The molecule has 1 heterocycles. The molecule has 0 radical (unpaired) electrons. The quantitative estimate of drug-likeness (QED) is 0.698. The SMILES string of the molecule is CC(C)CC(=O)Nc1cccc(CNC(=O)N2C[C@@H]3CCC[C@@]3(C(=O)O)C2)c1. The summed E-state index contributed by atoms with van der Waals surface area (Å²) in [6.45, 7) is 5.10. The van der Waals surface area contributed by atoms with E-state index in [9.17, 15) is 19.5 Å². The van der Waals surface area contributed by atoms with Crippen LogP contribution in [-0.2, 0) is 16.1 Å². The van der Waals surface area contributed by atoms with Crippen LogP contribution in [0, 0.1) is 17.3 Å². The van der Waals surface area contributed by atoms with Gasteiger partial charge in [-0.3, -0.25) is 9.59 Å². The molecular weight excluding hydrogens is 358 g/mol. The highest BCUT2D eigenvalue weighted by atomic mass is 16.4. The van der Waals surface area contributed by atoms with E-state index in [2.05, 4.69) is 10.6 Å². The molecule has 3 N–H and O–H groups in total. The molecule has 3 amide bonds. The van der Waals surface area contributed by atoms with E-state index in [-0.39, 0.29) is 30.3 Å². The second kappa shape index (κ2) is 8.20. The van der Waals surface area contributed by atoms with Gasteiger partial charge in [-0.05, 0) is 42.4 Å². The fraction of sp³-hybridized carbons (Fsp3) is 0.571. The predicted octanol–water partition coefficient (Wildman–Crippen LogP) is 3.07. The second-order valence-electron chi connectivity index (χ2n) is 8.44. The van der Waals surface area contributed by atoms with Crippen molar-refractivity contribution in [1.29, 1.82) is 0 Å². The van der Waals surface area contributed by atoms with Crippen LogP contribution in [0.25, 0.3) is 0 Å². The third-order valence-corrected chi connectivity index (χ3v) is 5.83. The van der Waals surface area contributed by atoms with Crippen LogP contribution in [0.2, 0.25) is 0 Å². The van der Waals surface area contributed by atoms with Gasteiger partial charge >= 0.3 is 12.0 Å². The number of nitrogens with zero attached hydrogens (tertiary/aromatic N) is 1. The summed E-state index contributed by atoms with van der Waals surface area (Å²) in [4.78, 5) is 37.9. The van der Waals surface area contributed by atoms with E-state index < -0.39 is 11.4 Å². The summed E-state index contributed by atoms with van der Waals surface area (Å²) in [6, 6.07) is 7.16. The average molecular weight is 387 g/mol. The molecule has 1 aromatic rings. The van der Waals surface area contributed by atoms with Gasteiger partial charge in [0, 0.05) is 31.7 Å². The molecule has 0 aromatic heterocycles. The lowest BCUT2D eigenvalue weighted by atomic mass is 9.81. The summed E-state index contributed by atoms with van der Waals surface area (Å²) in [6.07, 6.45) is 2.90. The maximum absolute atomic E-state index is 12.6. The Balaban J connectivity index is 1.55. The lowest BCUT2D eigenvalue weighted by Gasteiger charge is -2.23. The van der Waals surface area contributed by atoms with Gasteiger partial charge in [-0.2, -0.15) is 0 Å². The Hall–Kier alpha value is -2.57. The first-order valence-electron chi connectivity index (χ1n) is 9.95. The number of anilines is 1. The van der Waals surface area contributed by atoms with Gasteiger partial charge in [0.2, 0.25) is 5.91 Å². The number of carbonyl (C=O) groups excluding carboxylic acids is 2. The molecule has 152 valence electrons. The highest BCUT2D eigenvalue weighted by Crippen LogP contribution is 2.48. The zero-order chi connectivity index (χ0) is 20.3. The number of carbonyl (C=O) groups is 3. The van der Waals surface area contributed by atoms with Crippen molar-refractivity contribution in [2.45, 2.75) is 46.1 Å². The summed E-state index contributed by atoms with van der Waals surface area (Å²) in [5, 5.41) is 15.4. The number of amides is 3. The Bertz CT molecular complexity index is 764. The lowest BCUT2D eigenvalue weighted by Crippen LogP contribution is -2.41. The number of urea groups is 1. The van der Waals surface area contributed by atoms with Crippen LogP contribution in [0.5, 0.6) is 0 Å². The third kappa shape index (κ3) is 4.29. The molecule has 1 aliphatic heterocycles. The van der Waals surface area contributed by atoms with Crippen molar-refractivity contribution in [3.8, 4) is 0 Å². The number of nitrogens with one attached hydrogen (secondary N) is 2. The number of carboxylic acid groups (broad SMARTS) is 1. The third-order valence-electron chi connectivity index (χ3n) is 5.83. The molecule has 7 heteroatoms. The van der Waals surface area contributed by atoms with Crippen LogP contribution in [0.15, 0.2) is 24.3 Å². The van der Waals surface area contributed by atoms with E-state index >= 15 is 0 Å². The first-order chi connectivity index (χ1) is 13.3. The summed E-state index contributed by atoms with van der Waals surface area (Å²) in [7, 11) is 0. The summed E-state index contributed by atoms with van der Waals surface area (Å²) in [5.74, 6) is -0.472. The number of aliphatic carboxylic acids is 1. The van der Waals surface area contributed by atoms with Gasteiger partial charge in [0.05, 0.1) is 5.41 Å². The van der Waals surface area contributed by atoms with Crippen molar-refractivity contribution >= 4 is 23.6 Å². The molecule has 7 nitrogen and oxygen atoms in total. The van der Waals surface area contributed by atoms with Gasteiger partial charge in [0.1, 0.15) is 0 Å². The minimum absolute atomic E-state index is 0.0289. The highest BCUT2D eigenvalue weighted by Gasteiger charge is 2.55. The molecule has 2 atom stereocenters. The van der Waals surface area contributed by atoms with Crippen LogP contribution in [0.4, 0.5) is 10.5 Å². The first kappa shape index (κ1) is 20.2. The van der Waals surface area contributed by atoms with Crippen molar-refractivity contribution in [3.63, 3.8) is 0 Å². The zero-order valence-corrected chi connectivity index (χ0v) is 16.5. The Labute approximate surface area is 165 Å². The zero-order valence-electron chi connectivity index (χ0n) is 16.5. The van der Waals surface area contributed by atoms with Gasteiger partial charge in [0.15, 0.2) is 0 Å². The molecule has 0 spiro atoms. The molecule has 28 heavy (non-hydrogen) atoms. The Morgan fingerprint density at radius 2 is 2.11 bits per heavy atom. The summed E-state index contributed by atoms with van der Waals surface area (Å²) in [5.41, 5.74) is 0.818. The van der Waals surface area contributed by atoms with Crippen LogP contribution < -0.4 is 10.6 Å². The maximum Gasteiger partial charge on any atom is 0.317 e. The molecule has 3 rings (SSSR count). The predicted molar refractivity (Wildman–Crippen MR) is 106 cm³/mol. The van der Waals surface area contributed by atoms with E-state index in [1.54, 1.807) is 4.90 Å². The molecule has 1 aliphatic carbocycles. The molecule has 0 unspecified atom stereocenters. The number of rotatable bonds is 6. The van der Waals surface area contributed by atoms with Gasteiger partial charge in [-0.1, -0.05) is 32.4 Å². The molecule has 2 aliphatic rings. The minimum Gasteiger partial charge on any atom is -0.481 e. The Morgan fingerprint density at radius 1 is 1.32 bits per heavy atom. The smallest absolute Gasteiger partial charge is 0.317 e. The van der Waals surface area contributed by atoms with E-state index in [0.717, 1.165) is 18.4 Å². The number of fused-ring (bicyclic) bond motifs is 1. The van der Waals surface area contributed by atoms with Crippen molar-refractivity contribution in [3.05, 3.63) is 29.8 Å².